The van der Waals surface area contributed by atoms with Gasteiger partial charge in [-0.15, -0.1) is 0 Å². The van der Waals surface area contributed by atoms with E-state index >= 15 is 0 Å². The molecule has 9 rings (SSSR count). The van der Waals surface area contributed by atoms with Gasteiger partial charge in [0, 0.05) is 70.5 Å². The summed E-state index contributed by atoms with van der Waals surface area (Å²) in [7, 11) is 0. The van der Waals surface area contributed by atoms with Crippen LogP contribution in [-0.2, 0) is 4.79 Å². The first-order chi connectivity index (χ1) is 28.2. The zero-order chi connectivity index (χ0) is 40.2. The number of rotatable bonds is 10. The molecule has 4 aliphatic rings. The van der Waals surface area contributed by atoms with Crippen molar-refractivity contribution in [3.8, 4) is 0 Å². The van der Waals surface area contributed by atoms with Gasteiger partial charge in [0.2, 0.25) is 5.78 Å². The van der Waals surface area contributed by atoms with Crippen LogP contribution in [0, 0.1) is 0 Å². The van der Waals surface area contributed by atoms with Crippen LogP contribution in [0.4, 0.5) is 5.69 Å². The van der Waals surface area contributed by atoms with Crippen molar-refractivity contribution in [2.45, 2.75) is 13.8 Å². The van der Waals surface area contributed by atoms with Crippen molar-refractivity contribution in [2.75, 3.05) is 44.2 Å². The van der Waals surface area contributed by atoms with Gasteiger partial charge in [0.1, 0.15) is 12.3 Å². The number of benzene rings is 5. The molecule has 5 aromatic rings. The standard InChI is InChI=1S/C48H38N4O6/c1-3-49(25-27-51-45(55)35-13-5-9-29-10-6-14-36(39(29)35)46(51)56)33-21-17-31(18-22-33)41-43(53)42(44(41)54)32-19-23-34(24-20-32)50(4-2)26-28-52-47(57)37-15-7-11-30-12-8-16-38(40(30)37)48(52)58/h5-24H,3-4,25-28H2,1-2H3/p+1. The Balaban J connectivity index is 0.868. The average Bonchev–Trinajstić information content (AvgIpc) is 3.25. The molecule has 2 aliphatic carbocycles. The van der Waals surface area contributed by atoms with Gasteiger partial charge in [0.15, 0.2) is 12.3 Å². The smallest absolute Gasteiger partial charge is 0.261 e. The summed E-state index contributed by atoms with van der Waals surface area (Å²) < 4.78 is 2.06. The fraction of sp³-hybridized carbons (Fsp3) is 0.167. The molecule has 10 heteroatoms. The summed E-state index contributed by atoms with van der Waals surface area (Å²) in [5, 5.41) is 14.3. The van der Waals surface area contributed by atoms with E-state index in [4.69, 9.17) is 0 Å². The van der Waals surface area contributed by atoms with Crippen LogP contribution in [-0.4, -0.2) is 93.9 Å². The number of carbonyl (C=O) groups is 5. The summed E-state index contributed by atoms with van der Waals surface area (Å²) in [6.45, 7) is 6.49. The molecule has 58 heavy (non-hydrogen) atoms. The number of hydrogen-bond donors (Lipinski definition) is 1. The van der Waals surface area contributed by atoms with Crippen LogP contribution in [0.2, 0.25) is 0 Å². The van der Waals surface area contributed by atoms with Gasteiger partial charge in [-0.3, -0.25) is 33.8 Å². The summed E-state index contributed by atoms with van der Waals surface area (Å²) in [4.78, 5) is 71.9. The first-order valence-electron chi connectivity index (χ1n) is 19.5. The Hall–Kier alpha value is -7.20. The number of Topliss-reactive ketones (excluding diaryl/α,β-unsaturated/α-hetero) is 1. The van der Waals surface area contributed by atoms with Crippen LogP contribution in [0.5, 0.6) is 0 Å². The van der Waals surface area contributed by atoms with E-state index in [-0.39, 0.29) is 59.4 Å². The lowest BCUT2D eigenvalue weighted by molar-refractivity contribution is -0.522. The number of anilines is 1. The Labute approximate surface area is 334 Å². The molecular formula is C48H39N4O6+. The van der Waals surface area contributed by atoms with Crippen LogP contribution in [0.25, 0.3) is 27.1 Å². The van der Waals surface area contributed by atoms with Crippen LogP contribution in [0.3, 0.4) is 0 Å². The normalized spacial score (nSPS) is 16.0. The van der Waals surface area contributed by atoms with Crippen molar-refractivity contribution in [1.82, 2.24) is 9.80 Å². The quantitative estimate of drug-likeness (QED) is 0.0911. The van der Waals surface area contributed by atoms with E-state index in [0.29, 0.717) is 70.3 Å². The average molecular weight is 768 g/mol. The van der Waals surface area contributed by atoms with Gasteiger partial charge in [-0.2, -0.15) is 0 Å². The van der Waals surface area contributed by atoms with Gasteiger partial charge in [-0.1, -0.05) is 60.7 Å². The van der Waals surface area contributed by atoms with Gasteiger partial charge >= 0.3 is 0 Å². The molecule has 0 atom stereocenters. The number of amides is 4. The number of aliphatic hydroxyl groups is 1. The van der Waals surface area contributed by atoms with Crippen LogP contribution in [0.1, 0.15) is 60.8 Å². The molecular weight excluding hydrogens is 729 g/mol. The lowest BCUT2D eigenvalue weighted by atomic mass is 9.80. The Morgan fingerprint density at radius 1 is 0.586 bits per heavy atom. The van der Waals surface area contributed by atoms with Gasteiger partial charge in [0.05, 0.1) is 17.7 Å². The second-order valence-corrected chi connectivity index (χ2v) is 14.6. The predicted molar refractivity (Wildman–Crippen MR) is 223 cm³/mol. The molecule has 2 aliphatic heterocycles. The Bertz CT molecular complexity index is 2700. The fourth-order valence-corrected chi connectivity index (χ4v) is 8.56. The molecule has 0 radical (unpaired) electrons. The summed E-state index contributed by atoms with van der Waals surface area (Å²) >= 11 is 0. The van der Waals surface area contributed by atoms with Crippen LogP contribution < -0.4 is 4.90 Å². The van der Waals surface area contributed by atoms with E-state index in [1.807, 2.05) is 86.7 Å². The summed E-state index contributed by atoms with van der Waals surface area (Å²) in [6, 6.07) is 29.3. The molecule has 1 N–H and O–H groups in total. The fourth-order valence-electron chi connectivity index (χ4n) is 8.56. The molecule has 4 amide bonds. The van der Waals surface area contributed by atoms with Crippen molar-refractivity contribution in [1.29, 1.82) is 0 Å². The van der Waals surface area contributed by atoms with Crippen molar-refractivity contribution < 1.29 is 33.7 Å². The Morgan fingerprint density at radius 2 is 1.07 bits per heavy atom. The van der Waals surface area contributed by atoms with E-state index in [9.17, 15) is 29.1 Å². The third-order valence-electron chi connectivity index (χ3n) is 11.6. The predicted octanol–water partition coefficient (Wildman–Crippen LogP) is 7.16. The highest BCUT2D eigenvalue weighted by Gasteiger charge is 2.38. The molecule has 0 bridgehead atoms. The zero-order valence-electron chi connectivity index (χ0n) is 32.1. The topological polar surface area (TPSA) is 118 Å². The molecule has 0 fully saturated rings. The lowest BCUT2D eigenvalue weighted by Crippen LogP contribution is -2.44. The highest BCUT2D eigenvalue weighted by molar-refractivity contribution is 6.39. The Kier molecular flexibility index (Phi) is 9.04. The maximum absolute atomic E-state index is 13.5. The highest BCUT2D eigenvalue weighted by Crippen LogP contribution is 2.39. The zero-order valence-corrected chi connectivity index (χ0v) is 32.1. The van der Waals surface area contributed by atoms with E-state index in [0.717, 1.165) is 22.2 Å². The molecule has 0 saturated carbocycles. The molecule has 286 valence electrons. The van der Waals surface area contributed by atoms with Crippen LogP contribution >= 0.6 is 0 Å². The number of hydrogen-bond acceptors (Lipinski definition) is 7. The lowest BCUT2D eigenvalue weighted by Gasteiger charge is -2.30. The number of ketones is 1. The van der Waals surface area contributed by atoms with Gasteiger partial charge in [-0.05, 0) is 84.3 Å². The minimum absolute atomic E-state index is 0.0694. The molecule has 0 spiro atoms. The molecule has 2 heterocycles. The maximum atomic E-state index is 13.5. The van der Waals surface area contributed by atoms with Crippen LogP contribution in [0.15, 0.2) is 138 Å². The minimum Gasteiger partial charge on any atom is -0.506 e. The number of allylic oxidation sites excluding steroid dienone is 7. The Morgan fingerprint density at radius 3 is 1.52 bits per heavy atom. The summed E-state index contributed by atoms with van der Waals surface area (Å²) in [5.41, 5.74) is 5.49. The minimum atomic E-state index is -0.301. The molecule has 0 saturated heterocycles. The second kappa shape index (κ2) is 14.4. The monoisotopic (exact) mass is 767 g/mol. The number of carbonyl (C=O) groups excluding carboxylic acids is 5. The van der Waals surface area contributed by atoms with Gasteiger partial charge in [0.25, 0.3) is 23.6 Å². The van der Waals surface area contributed by atoms with E-state index in [1.165, 1.54) is 9.80 Å². The summed E-state index contributed by atoms with van der Waals surface area (Å²) in [6.07, 6.45) is 7.34. The second-order valence-electron chi connectivity index (χ2n) is 14.6. The largest absolute Gasteiger partial charge is 0.506 e. The van der Waals surface area contributed by atoms with Gasteiger partial charge < -0.3 is 10.0 Å². The van der Waals surface area contributed by atoms with Crippen molar-refractivity contribution >= 4 is 67.9 Å². The van der Waals surface area contributed by atoms with E-state index in [1.54, 1.807) is 48.6 Å². The first kappa shape index (κ1) is 36.4. The third-order valence-corrected chi connectivity index (χ3v) is 11.6. The summed E-state index contributed by atoms with van der Waals surface area (Å²) in [5.74, 6) is -1.53. The van der Waals surface area contributed by atoms with Gasteiger partial charge in [-0.25, -0.2) is 4.58 Å². The van der Waals surface area contributed by atoms with E-state index < -0.39 is 0 Å². The third kappa shape index (κ3) is 5.79. The SMILES string of the molecule is CCN(CCN1C(=O)c2cccc3cccc(c23)C1=O)c1ccc(C2=C(O)C(=C3C=CC(=[N+](CC)CCN4C(=O)c5cccc6cccc(c56)C4=O)C=C3)C2=O)cc1. The molecule has 0 aromatic heterocycles. The number of nitrogens with zero attached hydrogens (tertiary/aromatic N) is 4. The van der Waals surface area contributed by atoms with Crippen molar-refractivity contribution in [3.63, 3.8) is 0 Å². The maximum Gasteiger partial charge on any atom is 0.261 e. The first-order valence-corrected chi connectivity index (χ1v) is 19.5. The molecule has 0 unspecified atom stereocenters. The molecule has 10 nitrogen and oxygen atoms in total. The molecule has 5 aromatic carbocycles. The number of imide groups is 2. The van der Waals surface area contributed by atoms with E-state index in [2.05, 4.69) is 9.48 Å². The highest BCUT2D eigenvalue weighted by atomic mass is 16.3. The van der Waals surface area contributed by atoms with Crippen molar-refractivity contribution in [3.05, 3.63) is 166 Å². The number of likely N-dealkylation sites (N-methyl/N-ethyl adjacent to an activating group) is 2. The van der Waals surface area contributed by atoms with Crippen molar-refractivity contribution in [2.24, 2.45) is 0 Å². The number of aliphatic hydroxyl groups excluding tert-OH is 1.